The summed E-state index contributed by atoms with van der Waals surface area (Å²) in [5.41, 5.74) is 6.69. The van der Waals surface area contributed by atoms with Gasteiger partial charge in [0.1, 0.15) is 17.0 Å². The lowest BCUT2D eigenvalue weighted by molar-refractivity contribution is -0.140. The maximum Gasteiger partial charge on any atom is 0.433 e. The first-order valence-electron chi connectivity index (χ1n) is 10.8. The Hall–Kier alpha value is -4.25. The molecular weight excluding hydrogens is 475 g/mol. The molecule has 0 unspecified atom stereocenters. The van der Waals surface area contributed by atoms with E-state index in [4.69, 9.17) is 20.3 Å². The quantitative estimate of drug-likeness (QED) is 0.313. The molecule has 186 valence electrons. The number of amides is 1. The fourth-order valence-corrected chi connectivity index (χ4v) is 3.68. The average Bonchev–Trinajstić information content (AvgIpc) is 3.31. The molecule has 8 nitrogen and oxygen atoms in total. The molecule has 4 aromatic rings. The third-order valence-electron chi connectivity index (χ3n) is 5.41. The molecule has 0 saturated carbocycles. The van der Waals surface area contributed by atoms with Gasteiger partial charge in [-0.15, -0.1) is 0 Å². The topological polar surface area (TPSA) is 127 Å². The number of pyridine rings is 1. The van der Waals surface area contributed by atoms with Crippen molar-refractivity contribution in [2.45, 2.75) is 25.7 Å². The zero-order valence-electron chi connectivity index (χ0n) is 19.3. The second-order valence-corrected chi connectivity index (χ2v) is 8.00. The summed E-state index contributed by atoms with van der Waals surface area (Å²) < 4.78 is 50.8. The van der Waals surface area contributed by atoms with Crippen molar-refractivity contribution in [2.24, 2.45) is 5.73 Å². The van der Waals surface area contributed by atoms with Gasteiger partial charge in [-0.25, -0.2) is 9.97 Å². The molecule has 1 amide bonds. The number of rotatable bonds is 7. The van der Waals surface area contributed by atoms with Gasteiger partial charge in [-0.05, 0) is 48.4 Å². The van der Waals surface area contributed by atoms with Gasteiger partial charge in [-0.1, -0.05) is 18.2 Å². The average molecular weight is 497 g/mol. The smallest absolute Gasteiger partial charge is 0.433 e. The summed E-state index contributed by atoms with van der Waals surface area (Å²) >= 11 is 0. The largest absolute Gasteiger partial charge is 0.494 e. The molecular formula is C25H22F3N5O3. The summed E-state index contributed by atoms with van der Waals surface area (Å²) in [7, 11) is 1.33. The van der Waals surface area contributed by atoms with Crippen LogP contribution in [0.25, 0.3) is 22.4 Å². The predicted molar refractivity (Wildman–Crippen MR) is 127 cm³/mol. The molecule has 36 heavy (non-hydrogen) atoms. The molecule has 2 aromatic carbocycles. The zero-order chi connectivity index (χ0) is 26.0. The number of nitrogens with zero attached hydrogens (tertiary/aromatic N) is 2. The summed E-state index contributed by atoms with van der Waals surface area (Å²) in [6.07, 6.45) is -3.43. The maximum atomic E-state index is 13.2. The molecule has 0 bridgehead atoms. The Morgan fingerprint density at radius 2 is 2.00 bits per heavy atom. The molecule has 0 aliphatic carbocycles. The predicted octanol–water partition coefficient (Wildman–Crippen LogP) is 4.86. The number of carbonyl (C=O) groups is 1. The van der Waals surface area contributed by atoms with Crippen molar-refractivity contribution in [3.63, 3.8) is 0 Å². The molecule has 4 N–H and O–H groups in total. The van der Waals surface area contributed by atoms with Crippen LogP contribution in [-0.4, -0.2) is 29.2 Å². The van der Waals surface area contributed by atoms with Gasteiger partial charge in [-0.2, -0.15) is 13.2 Å². The Bertz CT molecular complexity index is 1450. The Labute approximate surface area is 203 Å². The second-order valence-electron chi connectivity index (χ2n) is 8.00. The summed E-state index contributed by atoms with van der Waals surface area (Å²) in [5, 5.41) is 10.4. The number of ether oxygens (including phenoxy) is 1. The maximum absolute atomic E-state index is 13.2. The van der Waals surface area contributed by atoms with Gasteiger partial charge in [0, 0.05) is 23.7 Å². The fraction of sp³-hybridized carbons (Fsp3) is 0.200. The third kappa shape index (κ3) is 4.91. The van der Waals surface area contributed by atoms with E-state index in [1.54, 1.807) is 37.3 Å². The standard InChI is InChI=1S/C25H22F3N5O3/c1-13(30)22-21(23(34)31-12-15-5-3-4-14(10-15)11-29)33-24(36-22)17-6-8-18(35-2)20-16(17)7-9-19(32-20)25(26,27)28/h3-11,13,29H,12,30H2,1-2H3,(H,31,34)/t13-/m0/s1. The van der Waals surface area contributed by atoms with Crippen LogP contribution in [-0.2, 0) is 12.7 Å². The van der Waals surface area contributed by atoms with Gasteiger partial charge < -0.3 is 25.6 Å². The number of benzene rings is 2. The summed E-state index contributed by atoms with van der Waals surface area (Å²) in [6.45, 7) is 1.80. The van der Waals surface area contributed by atoms with E-state index in [1.165, 1.54) is 25.5 Å². The number of hydrogen-bond acceptors (Lipinski definition) is 7. The third-order valence-corrected chi connectivity index (χ3v) is 5.41. The van der Waals surface area contributed by atoms with Crippen molar-refractivity contribution in [3.8, 4) is 17.2 Å². The Morgan fingerprint density at radius 1 is 1.22 bits per heavy atom. The number of halogens is 3. The molecule has 0 aliphatic rings. The number of alkyl halides is 3. The number of fused-ring (bicyclic) bond motifs is 1. The summed E-state index contributed by atoms with van der Waals surface area (Å²) in [6, 6.07) is 11.6. The van der Waals surface area contributed by atoms with E-state index in [1.807, 2.05) is 0 Å². The van der Waals surface area contributed by atoms with Crippen LogP contribution in [0.5, 0.6) is 5.75 Å². The van der Waals surface area contributed by atoms with Gasteiger partial charge in [0.2, 0.25) is 5.89 Å². The minimum atomic E-state index is -4.64. The number of methoxy groups -OCH3 is 1. The van der Waals surface area contributed by atoms with Crippen molar-refractivity contribution >= 4 is 23.0 Å². The molecule has 11 heteroatoms. The Balaban J connectivity index is 1.73. The van der Waals surface area contributed by atoms with Crippen molar-refractivity contribution in [1.82, 2.24) is 15.3 Å². The van der Waals surface area contributed by atoms with E-state index in [0.717, 1.165) is 11.6 Å². The highest BCUT2D eigenvalue weighted by Gasteiger charge is 2.33. The van der Waals surface area contributed by atoms with Crippen molar-refractivity contribution in [2.75, 3.05) is 7.11 Å². The van der Waals surface area contributed by atoms with E-state index in [-0.39, 0.29) is 35.2 Å². The highest BCUT2D eigenvalue weighted by molar-refractivity contribution is 5.98. The Morgan fingerprint density at radius 3 is 2.67 bits per heavy atom. The van der Waals surface area contributed by atoms with Gasteiger partial charge in [-0.3, -0.25) is 4.79 Å². The monoisotopic (exact) mass is 497 g/mol. The molecule has 1 atom stereocenters. The summed E-state index contributed by atoms with van der Waals surface area (Å²) in [5.74, 6) is -0.260. The van der Waals surface area contributed by atoms with Crippen LogP contribution < -0.4 is 15.8 Å². The molecule has 2 aromatic heterocycles. The fourth-order valence-electron chi connectivity index (χ4n) is 3.68. The highest BCUT2D eigenvalue weighted by Crippen LogP contribution is 2.37. The van der Waals surface area contributed by atoms with E-state index < -0.39 is 23.8 Å². The van der Waals surface area contributed by atoms with Crippen molar-refractivity contribution in [3.05, 3.63) is 76.8 Å². The first kappa shape index (κ1) is 24.9. The molecule has 0 spiro atoms. The van der Waals surface area contributed by atoms with Gasteiger partial charge in [0.25, 0.3) is 5.91 Å². The molecule has 4 rings (SSSR count). The van der Waals surface area contributed by atoms with Gasteiger partial charge >= 0.3 is 6.18 Å². The second kappa shape index (κ2) is 9.78. The Kier molecular flexibility index (Phi) is 6.75. The number of nitrogens with two attached hydrogens (primary N) is 1. The lowest BCUT2D eigenvalue weighted by atomic mass is 10.1. The van der Waals surface area contributed by atoms with E-state index in [0.29, 0.717) is 16.5 Å². The lowest BCUT2D eigenvalue weighted by Crippen LogP contribution is -2.25. The molecule has 0 aliphatic heterocycles. The number of nitrogens with one attached hydrogen (secondary N) is 2. The van der Waals surface area contributed by atoms with Crippen LogP contribution in [0.3, 0.4) is 0 Å². The van der Waals surface area contributed by atoms with Crippen LogP contribution in [0.2, 0.25) is 0 Å². The van der Waals surface area contributed by atoms with E-state index in [9.17, 15) is 18.0 Å². The normalized spacial score (nSPS) is 12.4. The van der Waals surface area contributed by atoms with Crippen LogP contribution >= 0.6 is 0 Å². The van der Waals surface area contributed by atoms with E-state index in [2.05, 4.69) is 15.3 Å². The van der Waals surface area contributed by atoms with E-state index >= 15 is 0 Å². The van der Waals surface area contributed by atoms with Crippen molar-refractivity contribution in [1.29, 1.82) is 5.41 Å². The van der Waals surface area contributed by atoms with Crippen molar-refractivity contribution < 1.29 is 27.1 Å². The van der Waals surface area contributed by atoms with Crippen LogP contribution in [0.4, 0.5) is 13.2 Å². The molecule has 2 heterocycles. The SMILES string of the molecule is COc1ccc(-c2nc(C(=O)NCc3cccc(C=N)c3)c([C@H](C)N)o2)c2ccc(C(F)(F)F)nc12. The molecule has 0 fully saturated rings. The minimum absolute atomic E-state index is 0.00691. The number of hydrogen-bond donors (Lipinski definition) is 3. The number of oxazole rings is 1. The highest BCUT2D eigenvalue weighted by atomic mass is 19.4. The lowest BCUT2D eigenvalue weighted by Gasteiger charge is -2.11. The summed E-state index contributed by atoms with van der Waals surface area (Å²) in [4.78, 5) is 21.0. The number of aromatic nitrogens is 2. The molecule has 0 radical (unpaired) electrons. The zero-order valence-corrected chi connectivity index (χ0v) is 19.3. The van der Waals surface area contributed by atoms with Crippen LogP contribution in [0, 0.1) is 5.41 Å². The van der Waals surface area contributed by atoms with Gasteiger partial charge in [0.15, 0.2) is 11.5 Å². The van der Waals surface area contributed by atoms with Gasteiger partial charge in [0.05, 0.1) is 13.2 Å². The minimum Gasteiger partial charge on any atom is -0.494 e. The van der Waals surface area contributed by atoms with Crippen LogP contribution in [0.15, 0.2) is 52.9 Å². The molecule has 0 saturated heterocycles. The first-order valence-corrected chi connectivity index (χ1v) is 10.8. The van der Waals surface area contributed by atoms with Crippen LogP contribution in [0.1, 0.15) is 46.0 Å². The first-order chi connectivity index (χ1) is 17.1. The number of carbonyl (C=O) groups excluding carboxylic acids is 1.